The first-order chi connectivity index (χ1) is 10.3. The van der Waals surface area contributed by atoms with E-state index in [0.29, 0.717) is 36.8 Å². The molecule has 1 fully saturated rings. The zero-order valence-corrected chi connectivity index (χ0v) is 13.8. The smallest absolute Gasteiger partial charge is 0.255 e. The second kappa shape index (κ2) is 6.66. The first-order valence-corrected chi connectivity index (χ1v) is 9.27. The molecule has 2 rings (SSSR count). The minimum atomic E-state index is -3.43. The van der Waals surface area contributed by atoms with Crippen LogP contribution in [0.4, 0.5) is 5.69 Å². The number of nitrogens with one attached hydrogen (secondary N) is 1. The number of sulfonamides is 1. The van der Waals surface area contributed by atoms with Crippen LogP contribution in [-0.2, 0) is 10.0 Å². The molecule has 1 saturated heterocycles. The molecular formula is C15H23N3O3S. The van der Waals surface area contributed by atoms with E-state index in [4.69, 9.17) is 5.73 Å². The summed E-state index contributed by atoms with van der Waals surface area (Å²) in [5.41, 5.74) is 7.32. The number of rotatable bonds is 4. The third kappa shape index (κ3) is 4.20. The van der Waals surface area contributed by atoms with E-state index in [2.05, 4.69) is 4.72 Å². The van der Waals surface area contributed by atoms with Crippen LogP contribution in [0, 0.1) is 12.8 Å². The monoisotopic (exact) mass is 325 g/mol. The van der Waals surface area contributed by atoms with Crippen LogP contribution in [0.25, 0.3) is 0 Å². The number of carbonyl (C=O) groups is 1. The van der Waals surface area contributed by atoms with Crippen LogP contribution in [0.2, 0.25) is 0 Å². The molecule has 1 aliphatic heterocycles. The molecule has 0 unspecified atom stereocenters. The van der Waals surface area contributed by atoms with E-state index in [1.165, 1.54) is 0 Å². The first-order valence-electron chi connectivity index (χ1n) is 7.38. The van der Waals surface area contributed by atoms with E-state index in [1.54, 1.807) is 23.1 Å². The summed E-state index contributed by atoms with van der Waals surface area (Å²) in [4.78, 5) is 14.5. The summed E-state index contributed by atoms with van der Waals surface area (Å²) in [5, 5.41) is 0. The van der Waals surface area contributed by atoms with Gasteiger partial charge in [-0.25, -0.2) is 8.42 Å². The van der Waals surface area contributed by atoms with Crippen molar-refractivity contribution >= 4 is 21.6 Å². The van der Waals surface area contributed by atoms with Crippen molar-refractivity contribution in [1.82, 2.24) is 4.90 Å². The Morgan fingerprint density at radius 2 is 2.00 bits per heavy atom. The van der Waals surface area contributed by atoms with Gasteiger partial charge in [0.15, 0.2) is 0 Å². The van der Waals surface area contributed by atoms with Crippen LogP contribution in [-0.4, -0.2) is 45.1 Å². The van der Waals surface area contributed by atoms with Crippen molar-refractivity contribution in [3.05, 3.63) is 29.3 Å². The maximum absolute atomic E-state index is 12.7. The predicted octanol–water partition coefficient (Wildman–Crippen LogP) is 1.18. The molecule has 0 aromatic heterocycles. The van der Waals surface area contributed by atoms with Crippen LogP contribution in [0.15, 0.2) is 18.2 Å². The fraction of sp³-hybridized carbons (Fsp3) is 0.533. The summed E-state index contributed by atoms with van der Waals surface area (Å²) in [6.45, 7) is 3.84. The molecule has 1 aromatic rings. The highest BCUT2D eigenvalue weighted by Gasteiger charge is 2.25. The van der Waals surface area contributed by atoms with Crippen molar-refractivity contribution in [3.8, 4) is 0 Å². The Balaban J connectivity index is 2.23. The van der Waals surface area contributed by atoms with Crippen molar-refractivity contribution in [3.63, 3.8) is 0 Å². The second-order valence-corrected chi connectivity index (χ2v) is 7.64. The number of nitrogens with zero attached hydrogens (tertiary/aromatic N) is 1. The Morgan fingerprint density at radius 1 is 1.36 bits per heavy atom. The second-order valence-electron chi connectivity index (χ2n) is 5.89. The zero-order chi connectivity index (χ0) is 16.3. The highest BCUT2D eigenvalue weighted by Crippen LogP contribution is 2.23. The fourth-order valence-corrected chi connectivity index (χ4v) is 3.24. The molecule has 0 aliphatic carbocycles. The Labute approximate surface area is 131 Å². The number of benzene rings is 1. The predicted molar refractivity (Wildman–Crippen MR) is 87.3 cm³/mol. The van der Waals surface area contributed by atoms with Crippen molar-refractivity contribution in [2.24, 2.45) is 11.7 Å². The molecule has 7 heteroatoms. The fourth-order valence-electron chi connectivity index (χ4n) is 2.67. The van der Waals surface area contributed by atoms with E-state index >= 15 is 0 Å². The van der Waals surface area contributed by atoms with Crippen LogP contribution in [0.3, 0.4) is 0 Å². The lowest BCUT2D eigenvalue weighted by molar-refractivity contribution is 0.0694. The SMILES string of the molecule is Cc1ccc(NS(C)(=O)=O)c(C(=O)N2CCC(CN)CC2)c1. The van der Waals surface area contributed by atoms with Gasteiger partial charge in [-0.2, -0.15) is 0 Å². The van der Waals surface area contributed by atoms with Gasteiger partial charge in [0, 0.05) is 13.1 Å². The maximum Gasteiger partial charge on any atom is 0.255 e. The number of anilines is 1. The molecule has 1 amide bonds. The molecule has 0 saturated carbocycles. The third-order valence-electron chi connectivity index (χ3n) is 3.94. The molecule has 0 spiro atoms. The normalized spacial score (nSPS) is 16.6. The van der Waals surface area contributed by atoms with E-state index in [-0.39, 0.29) is 5.91 Å². The molecule has 6 nitrogen and oxygen atoms in total. The largest absolute Gasteiger partial charge is 0.339 e. The zero-order valence-electron chi connectivity index (χ0n) is 13.0. The molecule has 0 atom stereocenters. The van der Waals surface area contributed by atoms with Gasteiger partial charge in [-0.1, -0.05) is 11.6 Å². The summed E-state index contributed by atoms with van der Waals surface area (Å²) < 4.78 is 25.4. The minimum absolute atomic E-state index is 0.134. The lowest BCUT2D eigenvalue weighted by atomic mass is 9.96. The van der Waals surface area contributed by atoms with Crippen LogP contribution in [0.5, 0.6) is 0 Å². The highest BCUT2D eigenvalue weighted by molar-refractivity contribution is 7.92. The van der Waals surface area contributed by atoms with Gasteiger partial charge in [0.25, 0.3) is 5.91 Å². The van der Waals surface area contributed by atoms with E-state index in [0.717, 1.165) is 24.7 Å². The third-order valence-corrected chi connectivity index (χ3v) is 4.53. The number of hydrogen-bond donors (Lipinski definition) is 2. The molecule has 1 aliphatic rings. The Hall–Kier alpha value is -1.60. The van der Waals surface area contributed by atoms with Crippen molar-refractivity contribution in [2.45, 2.75) is 19.8 Å². The van der Waals surface area contributed by atoms with E-state index in [9.17, 15) is 13.2 Å². The van der Waals surface area contributed by atoms with Gasteiger partial charge >= 0.3 is 0 Å². The summed E-state index contributed by atoms with van der Waals surface area (Å²) in [6.07, 6.45) is 2.86. The van der Waals surface area contributed by atoms with Crippen molar-refractivity contribution < 1.29 is 13.2 Å². The number of hydrogen-bond acceptors (Lipinski definition) is 4. The van der Waals surface area contributed by atoms with Crippen molar-refractivity contribution in [1.29, 1.82) is 0 Å². The number of nitrogens with two attached hydrogens (primary N) is 1. The average molecular weight is 325 g/mol. The molecule has 0 bridgehead atoms. The van der Waals surface area contributed by atoms with Crippen LogP contribution < -0.4 is 10.5 Å². The Kier molecular flexibility index (Phi) is 5.08. The van der Waals surface area contributed by atoms with Crippen LogP contribution >= 0.6 is 0 Å². The molecule has 1 aromatic carbocycles. The number of carbonyl (C=O) groups excluding carboxylic acids is 1. The quantitative estimate of drug-likeness (QED) is 0.869. The van der Waals surface area contributed by atoms with Gasteiger partial charge in [-0.15, -0.1) is 0 Å². The maximum atomic E-state index is 12.7. The number of piperidine rings is 1. The van der Waals surface area contributed by atoms with E-state index in [1.807, 2.05) is 6.92 Å². The Morgan fingerprint density at radius 3 is 2.55 bits per heavy atom. The van der Waals surface area contributed by atoms with Gasteiger partial charge in [0.2, 0.25) is 10.0 Å². The number of likely N-dealkylation sites (tertiary alicyclic amines) is 1. The van der Waals surface area contributed by atoms with Gasteiger partial charge < -0.3 is 10.6 Å². The number of aryl methyl sites for hydroxylation is 1. The standard InChI is InChI=1S/C15H23N3O3S/c1-11-3-4-14(17-22(2,20)21)13(9-11)15(19)18-7-5-12(10-16)6-8-18/h3-4,9,12,17H,5-8,10,16H2,1-2H3. The van der Waals surface area contributed by atoms with Gasteiger partial charge in [0.1, 0.15) is 0 Å². The lowest BCUT2D eigenvalue weighted by Crippen LogP contribution is -2.40. The van der Waals surface area contributed by atoms with E-state index < -0.39 is 10.0 Å². The van der Waals surface area contributed by atoms with Gasteiger partial charge in [-0.05, 0) is 44.4 Å². The first kappa shape index (κ1) is 16.8. The summed E-state index contributed by atoms with van der Waals surface area (Å²) in [6, 6.07) is 5.14. The summed E-state index contributed by atoms with van der Waals surface area (Å²) in [5.74, 6) is 0.334. The van der Waals surface area contributed by atoms with Gasteiger partial charge in [0.05, 0.1) is 17.5 Å². The average Bonchev–Trinajstić information content (AvgIpc) is 2.47. The minimum Gasteiger partial charge on any atom is -0.339 e. The molecule has 22 heavy (non-hydrogen) atoms. The molecule has 122 valence electrons. The van der Waals surface area contributed by atoms with Gasteiger partial charge in [-0.3, -0.25) is 9.52 Å². The Bertz CT molecular complexity index is 650. The molecule has 1 heterocycles. The number of amides is 1. The summed E-state index contributed by atoms with van der Waals surface area (Å²) >= 11 is 0. The molecular weight excluding hydrogens is 302 g/mol. The van der Waals surface area contributed by atoms with Crippen molar-refractivity contribution in [2.75, 3.05) is 30.6 Å². The molecule has 3 N–H and O–H groups in total. The topological polar surface area (TPSA) is 92.5 Å². The molecule has 0 radical (unpaired) electrons. The summed E-state index contributed by atoms with van der Waals surface area (Å²) in [7, 11) is -3.43. The highest BCUT2D eigenvalue weighted by atomic mass is 32.2. The van der Waals surface area contributed by atoms with Crippen LogP contribution in [0.1, 0.15) is 28.8 Å². The lowest BCUT2D eigenvalue weighted by Gasteiger charge is -2.32.